The lowest BCUT2D eigenvalue weighted by Gasteiger charge is -2.31. The maximum atomic E-state index is 13.9. The number of fused-ring (bicyclic) bond motifs is 4. The Kier molecular flexibility index (Phi) is 4.69. The lowest BCUT2D eigenvalue weighted by molar-refractivity contribution is -0.123. The predicted octanol–water partition coefficient (Wildman–Crippen LogP) is 3.38. The van der Waals surface area contributed by atoms with E-state index in [1.807, 2.05) is 65.6 Å². The van der Waals surface area contributed by atoms with Gasteiger partial charge in [-0.05, 0) is 42.0 Å². The molecule has 4 heterocycles. The van der Waals surface area contributed by atoms with Gasteiger partial charge in [0, 0.05) is 25.7 Å². The number of hydrogen-bond donors (Lipinski definition) is 0. The number of pyridine rings is 1. The Morgan fingerprint density at radius 2 is 1.81 bits per heavy atom. The third kappa shape index (κ3) is 3.44. The van der Waals surface area contributed by atoms with Crippen LogP contribution < -0.4 is 19.1 Å². The van der Waals surface area contributed by atoms with Crippen LogP contribution in [0.4, 0.5) is 5.69 Å². The molecule has 6 rings (SSSR count). The molecule has 7 nitrogen and oxygen atoms in total. The van der Waals surface area contributed by atoms with Gasteiger partial charge in [0.2, 0.25) is 12.7 Å². The van der Waals surface area contributed by atoms with Gasteiger partial charge in [-0.3, -0.25) is 14.7 Å². The fourth-order valence-electron chi connectivity index (χ4n) is 4.73. The molecule has 1 saturated heterocycles. The van der Waals surface area contributed by atoms with Crippen molar-refractivity contribution in [2.24, 2.45) is 0 Å². The van der Waals surface area contributed by atoms with Crippen LogP contribution in [0.15, 0.2) is 66.9 Å². The molecule has 2 aromatic carbocycles. The third-order valence-corrected chi connectivity index (χ3v) is 6.23. The summed E-state index contributed by atoms with van der Waals surface area (Å²) in [7, 11) is 0. The van der Waals surface area contributed by atoms with Crippen LogP contribution in [0, 0.1) is 0 Å². The number of para-hydroxylation sites is 2. The third-order valence-electron chi connectivity index (χ3n) is 6.23. The lowest BCUT2D eigenvalue weighted by atomic mass is 10.1. The van der Waals surface area contributed by atoms with E-state index in [4.69, 9.17) is 14.2 Å². The highest BCUT2D eigenvalue weighted by Gasteiger charge is 2.43. The molecule has 0 aliphatic carbocycles. The van der Waals surface area contributed by atoms with E-state index in [0.29, 0.717) is 26.1 Å². The van der Waals surface area contributed by atoms with Gasteiger partial charge in [0.15, 0.2) is 11.5 Å². The number of anilines is 1. The number of ether oxygens (including phenoxy) is 3. The maximum absolute atomic E-state index is 13.9. The standard InChI is InChI=1S/C25H23N3O4/c29-25-21-12-19(15-27(21)13-17-8-9-23-24(11-17)31-16-30-23)32-22-7-2-1-6-20(22)28(25)14-18-5-3-4-10-26-18/h1-11,19,21H,12-16H2. The first-order valence-electron chi connectivity index (χ1n) is 10.8. The highest BCUT2D eigenvalue weighted by Crippen LogP contribution is 2.38. The van der Waals surface area contributed by atoms with Gasteiger partial charge in [-0.25, -0.2) is 0 Å². The molecule has 3 aliphatic rings. The summed E-state index contributed by atoms with van der Waals surface area (Å²) in [6, 6.07) is 19.2. The van der Waals surface area contributed by atoms with Gasteiger partial charge < -0.3 is 19.1 Å². The molecular weight excluding hydrogens is 406 g/mol. The zero-order chi connectivity index (χ0) is 21.5. The number of aromatic nitrogens is 1. The molecule has 3 aromatic rings. The SMILES string of the molecule is O=C1C2CC(CN2Cc2ccc3c(c2)OCO3)Oc2ccccc2N1Cc1ccccn1. The second-order valence-electron chi connectivity index (χ2n) is 8.32. The average molecular weight is 429 g/mol. The van der Waals surface area contributed by atoms with Crippen LogP contribution in [-0.2, 0) is 17.9 Å². The molecule has 2 bridgehead atoms. The molecule has 0 N–H and O–H groups in total. The molecule has 0 radical (unpaired) electrons. The summed E-state index contributed by atoms with van der Waals surface area (Å²) >= 11 is 0. The second-order valence-corrected chi connectivity index (χ2v) is 8.32. The number of carbonyl (C=O) groups excluding carboxylic acids is 1. The Morgan fingerprint density at radius 3 is 2.72 bits per heavy atom. The molecule has 1 amide bonds. The van der Waals surface area contributed by atoms with E-state index < -0.39 is 0 Å². The summed E-state index contributed by atoms with van der Waals surface area (Å²) in [6.45, 7) is 1.98. The predicted molar refractivity (Wildman–Crippen MR) is 118 cm³/mol. The fourth-order valence-corrected chi connectivity index (χ4v) is 4.73. The molecule has 162 valence electrons. The number of rotatable bonds is 4. The zero-order valence-corrected chi connectivity index (χ0v) is 17.5. The van der Waals surface area contributed by atoms with Crippen molar-refractivity contribution in [3.8, 4) is 17.2 Å². The Labute approximate surface area is 186 Å². The topological polar surface area (TPSA) is 64.1 Å². The van der Waals surface area contributed by atoms with Crippen molar-refractivity contribution in [3.63, 3.8) is 0 Å². The molecular formula is C25H23N3O4. The number of nitrogens with zero attached hydrogens (tertiary/aromatic N) is 3. The van der Waals surface area contributed by atoms with Crippen LogP contribution in [0.25, 0.3) is 0 Å². The minimum absolute atomic E-state index is 0.0314. The van der Waals surface area contributed by atoms with E-state index in [0.717, 1.165) is 34.2 Å². The number of hydrogen-bond acceptors (Lipinski definition) is 6. The molecule has 2 unspecified atom stereocenters. The van der Waals surface area contributed by atoms with Gasteiger partial charge >= 0.3 is 0 Å². The number of amides is 1. The average Bonchev–Trinajstić information content (AvgIpc) is 3.45. The van der Waals surface area contributed by atoms with Crippen molar-refractivity contribution in [1.29, 1.82) is 0 Å². The monoisotopic (exact) mass is 429 g/mol. The van der Waals surface area contributed by atoms with Gasteiger partial charge in [-0.15, -0.1) is 0 Å². The highest BCUT2D eigenvalue weighted by atomic mass is 16.7. The minimum atomic E-state index is -0.262. The van der Waals surface area contributed by atoms with Crippen molar-refractivity contribution in [2.45, 2.75) is 31.7 Å². The summed E-state index contributed by atoms with van der Waals surface area (Å²) in [5.74, 6) is 2.34. The van der Waals surface area contributed by atoms with Crippen molar-refractivity contribution in [2.75, 3.05) is 18.2 Å². The normalized spacial score (nSPS) is 21.6. The molecule has 1 fully saturated rings. The number of likely N-dealkylation sites (tertiary alicyclic amines) is 1. The van der Waals surface area contributed by atoms with Crippen LogP contribution in [-0.4, -0.2) is 41.3 Å². The van der Waals surface area contributed by atoms with Crippen LogP contribution in [0.3, 0.4) is 0 Å². The largest absolute Gasteiger partial charge is 0.487 e. The van der Waals surface area contributed by atoms with E-state index in [1.54, 1.807) is 6.20 Å². The van der Waals surface area contributed by atoms with Gasteiger partial charge in [0.05, 0.1) is 24.0 Å². The summed E-state index contributed by atoms with van der Waals surface area (Å²) < 4.78 is 17.3. The molecule has 0 saturated carbocycles. The molecule has 1 aromatic heterocycles. The summed E-state index contributed by atoms with van der Waals surface area (Å²) in [6.07, 6.45) is 2.39. The molecule has 3 aliphatic heterocycles. The Balaban J connectivity index is 1.32. The first-order valence-corrected chi connectivity index (χ1v) is 10.8. The zero-order valence-electron chi connectivity index (χ0n) is 17.5. The summed E-state index contributed by atoms with van der Waals surface area (Å²) in [5, 5.41) is 0. The number of benzene rings is 2. The van der Waals surface area contributed by atoms with Crippen LogP contribution in [0.5, 0.6) is 17.2 Å². The van der Waals surface area contributed by atoms with E-state index in [-0.39, 0.29) is 24.8 Å². The first kappa shape index (κ1) is 19.1. The second kappa shape index (κ2) is 7.84. The highest BCUT2D eigenvalue weighted by molar-refractivity contribution is 5.99. The first-order chi connectivity index (χ1) is 15.7. The van der Waals surface area contributed by atoms with E-state index in [1.165, 1.54) is 0 Å². The molecule has 32 heavy (non-hydrogen) atoms. The molecule has 0 spiro atoms. The van der Waals surface area contributed by atoms with Gasteiger partial charge in [-0.1, -0.05) is 24.3 Å². The Bertz CT molecular complexity index is 1150. The fraction of sp³-hybridized carbons (Fsp3) is 0.280. The van der Waals surface area contributed by atoms with Crippen molar-refractivity contribution in [1.82, 2.24) is 9.88 Å². The van der Waals surface area contributed by atoms with Gasteiger partial charge in [0.1, 0.15) is 11.9 Å². The van der Waals surface area contributed by atoms with Crippen molar-refractivity contribution in [3.05, 3.63) is 78.1 Å². The Morgan fingerprint density at radius 1 is 0.938 bits per heavy atom. The van der Waals surface area contributed by atoms with Crippen LogP contribution >= 0.6 is 0 Å². The quantitative estimate of drug-likeness (QED) is 0.634. The van der Waals surface area contributed by atoms with Gasteiger partial charge in [-0.2, -0.15) is 0 Å². The lowest BCUT2D eigenvalue weighted by Crippen LogP contribution is -2.45. The molecule has 7 heteroatoms. The molecule has 2 atom stereocenters. The van der Waals surface area contributed by atoms with E-state index in [2.05, 4.69) is 9.88 Å². The maximum Gasteiger partial charge on any atom is 0.244 e. The number of carbonyl (C=O) groups is 1. The summed E-state index contributed by atoms with van der Waals surface area (Å²) in [4.78, 5) is 22.3. The summed E-state index contributed by atoms with van der Waals surface area (Å²) in [5.41, 5.74) is 2.72. The van der Waals surface area contributed by atoms with Crippen LogP contribution in [0.2, 0.25) is 0 Å². The smallest absolute Gasteiger partial charge is 0.244 e. The Hall–Kier alpha value is -3.58. The van der Waals surface area contributed by atoms with E-state index >= 15 is 0 Å². The van der Waals surface area contributed by atoms with E-state index in [9.17, 15) is 4.79 Å². The minimum Gasteiger partial charge on any atom is -0.487 e. The van der Waals surface area contributed by atoms with Crippen LogP contribution in [0.1, 0.15) is 17.7 Å². The van der Waals surface area contributed by atoms with Crippen molar-refractivity contribution >= 4 is 11.6 Å². The van der Waals surface area contributed by atoms with Gasteiger partial charge in [0.25, 0.3) is 0 Å². The van der Waals surface area contributed by atoms with Crippen molar-refractivity contribution < 1.29 is 19.0 Å².